The third-order valence-corrected chi connectivity index (χ3v) is 6.93. The number of anilines is 2. The minimum atomic E-state index is -3.41. The van der Waals surface area contributed by atoms with Crippen LogP contribution in [0.5, 0.6) is 0 Å². The number of carbonyl (C=O) groups is 2. The van der Waals surface area contributed by atoms with E-state index in [1.54, 1.807) is 97.1 Å². The first-order valence-electron chi connectivity index (χ1n) is 11.3. The number of benzene rings is 4. The van der Waals surface area contributed by atoms with Gasteiger partial charge in [-0.3, -0.25) is 4.79 Å². The maximum Gasteiger partial charge on any atom is 0.320 e. The summed E-state index contributed by atoms with van der Waals surface area (Å²) in [7, 11) is -3.41. The highest BCUT2D eigenvalue weighted by molar-refractivity contribution is 7.90. The van der Waals surface area contributed by atoms with Crippen LogP contribution >= 0.6 is 11.6 Å². The highest BCUT2D eigenvalue weighted by Gasteiger charge is 2.23. The van der Waals surface area contributed by atoms with Gasteiger partial charge in [0.05, 0.1) is 4.90 Å². The lowest BCUT2D eigenvalue weighted by molar-refractivity contribution is -0.118. The molecule has 9 heteroatoms. The molecule has 3 amide bonds. The van der Waals surface area contributed by atoms with Gasteiger partial charge in [-0.15, -0.1) is 0 Å². The summed E-state index contributed by atoms with van der Waals surface area (Å²) in [5.41, 5.74) is 2.89. The Bertz CT molecular complexity index is 1510. The molecule has 0 heterocycles. The monoisotopic (exact) mass is 533 g/mol. The number of hydrogen-bond acceptors (Lipinski definition) is 4. The molecule has 0 aromatic heterocycles. The van der Waals surface area contributed by atoms with Crippen molar-refractivity contribution in [2.24, 2.45) is 0 Å². The van der Waals surface area contributed by atoms with Gasteiger partial charge in [0.15, 0.2) is 9.84 Å². The fraction of sp³-hybridized carbons (Fsp3) is 0.0714. The lowest BCUT2D eigenvalue weighted by Gasteiger charge is -2.19. The third-order valence-electron chi connectivity index (χ3n) is 5.52. The molecule has 0 radical (unpaired) electrons. The summed E-state index contributed by atoms with van der Waals surface area (Å²) in [6, 6.07) is 27.5. The Morgan fingerprint density at radius 3 is 1.95 bits per heavy atom. The van der Waals surface area contributed by atoms with E-state index in [0.29, 0.717) is 33.1 Å². The lowest BCUT2D eigenvalue weighted by Crippen LogP contribution is -2.39. The van der Waals surface area contributed by atoms with Crippen molar-refractivity contribution >= 4 is 44.8 Å². The first kappa shape index (κ1) is 25.9. The molecule has 4 aromatic carbocycles. The van der Waals surface area contributed by atoms with Crippen LogP contribution in [0.4, 0.5) is 16.2 Å². The first-order valence-corrected chi connectivity index (χ1v) is 13.6. The second-order valence-corrected chi connectivity index (χ2v) is 10.7. The summed E-state index contributed by atoms with van der Waals surface area (Å²) < 4.78 is 24.3. The zero-order valence-electron chi connectivity index (χ0n) is 19.8. The Labute approximate surface area is 220 Å². The molecule has 0 saturated heterocycles. The molecule has 4 rings (SSSR count). The van der Waals surface area contributed by atoms with Crippen molar-refractivity contribution in [3.8, 4) is 11.1 Å². The second-order valence-electron chi connectivity index (χ2n) is 8.28. The number of rotatable bonds is 7. The summed E-state index contributed by atoms with van der Waals surface area (Å²) in [4.78, 5) is 26.1. The molecule has 7 nitrogen and oxygen atoms in total. The summed E-state index contributed by atoms with van der Waals surface area (Å²) in [5.74, 6) is -0.443. The quantitative estimate of drug-likeness (QED) is 0.274. The van der Waals surface area contributed by atoms with Crippen LogP contribution < -0.4 is 16.0 Å². The first-order chi connectivity index (χ1) is 17.7. The van der Waals surface area contributed by atoms with Crippen molar-refractivity contribution in [1.29, 1.82) is 0 Å². The predicted molar refractivity (Wildman–Crippen MR) is 146 cm³/mol. The summed E-state index contributed by atoms with van der Waals surface area (Å²) >= 11 is 5.90. The zero-order chi connectivity index (χ0) is 26.4. The largest absolute Gasteiger partial charge is 0.324 e. The van der Waals surface area contributed by atoms with Gasteiger partial charge in [0, 0.05) is 28.2 Å². The second kappa shape index (κ2) is 11.3. The van der Waals surface area contributed by atoms with Gasteiger partial charge in [-0.05, 0) is 53.6 Å². The molecule has 4 aromatic rings. The van der Waals surface area contributed by atoms with Crippen molar-refractivity contribution in [1.82, 2.24) is 5.32 Å². The van der Waals surface area contributed by atoms with Gasteiger partial charge in [-0.25, -0.2) is 13.2 Å². The van der Waals surface area contributed by atoms with E-state index >= 15 is 0 Å². The lowest BCUT2D eigenvalue weighted by atomic mass is 10.0. The van der Waals surface area contributed by atoms with Gasteiger partial charge in [-0.2, -0.15) is 0 Å². The van der Waals surface area contributed by atoms with Crippen molar-refractivity contribution < 1.29 is 18.0 Å². The van der Waals surface area contributed by atoms with E-state index < -0.39 is 27.8 Å². The third kappa shape index (κ3) is 6.75. The summed E-state index contributed by atoms with van der Waals surface area (Å²) in [6.45, 7) is 0. The topological polar surface area (TPSA) is 104 Å². The van der Waals surface area contributed by atoms with Crippen LogP contribution in [0.3, 0.4) is 0 Å². The predicted octanol–water partition coefficient (Wildman–Crippen LogP) is 5.91. The van der Waals surface area contributed by atoms with Crippen molar-refractivity contribution in [2.75, 3.05) is 16.9 Å². The Kier molecular flexibility index (Phi) is 7.91. The van der Waals surface area contributed by atoms with E-state index in [1.165, 1.54) is 6.26 Å². The van der Waals surface area contributed by atoms with Gasteiger partial charge < -0.3 is 16.0 Å². The van der Waals surface area contributed by atoms with Gasteiger partial charge in [0.2, 0.25) is 0 Å². The number of nitrogens with one attached hydrogen (secondary N) is 3. The SMILES string of the molecule is CS(=O)(=O)c1ccccc1-c1ccc(NC(=O)[C@H](NC(=O)Nc2ccc(Cl)cc2)c2ccccc2)cc1. The molecule has 0 bridgehead atoms. The molecule has 0 fully saturated rings. The Morgan fingerprint density at radius 2 is 1.30 bits per heavy atom. The highest BCUT2D eigenvalue weighted by Crippen LogP contribution is 2.28. The average Bonchev–Trinajstić information content (AvgIpc) is 2.89. The van der Waals surface area contributed by atoms with Crippen LogP contribution in [-0.2, 0) is 14.6 Å². The van der Waals surface area contributed by atoms with Gasteiger partial charge >= 0.3 is 6.03 Å². The average molecular weight is 534 g/mol. The molecular weight excluding hydrogens is 510 g/mol. The number of urea groups is 1. The van der Waals surface area contributed by atoms with E-state index in [-0.39, 0.29) is 4.90 Å². The van der Waals surface area contributed by atoms with Crippen molar-refractivity contribution in [2.45, 2.75) is 10.9 Å². The molecule has 0 aliphatic carbocycles. The molecule has 0 spiro atoms. The molecule has 0 saturated carbocycles. The minimum Gasteiger partial charge on any atom is -0.324 e. The number of amides is 3. The van der Waals surface area contributed by atoms with Crippen LogP contribution in [0.15, 0.2) is 108 Å². The fourth-order valence-corrected chi connectivity index (χ4v) is 4.79. The molecule has 0 aliphatic rings. The molecule has 3 N–H and O–H groups in total. The number of carbonyl (C=O) groups excluding carboxylic acids is 2. The number of hydrogen-bond donors (Lipinski definition) is 3. The molecule has 0 aliphatic heterocycles. The van der Waals surface area contributed by atoms with Crippen LogP contribution in [-0.4, -0.2) is 26.6 Å². The smallest absolute Gasteiger partial charge is 0.320 e. The zero-order valence-corrected chi connectivity index (χ0v) is 21.4. The Balaban J connectivity index is 1.52. The molecular formula is C28H24ClN3O4S. The highest BCUT2D eigenvalue weighted by atomic mass is 35.5. The molecule has 188 valence electrons. The Morgan fingerprint density at radius 1 is 0.730 bits per heavy atom. The van der Waals surface area contributed by atoms with Gasteiger partial charge in [-0.1, -0.05) is 72.3 Å². The normalized spacial score (nSPS) is 11.8. The maximum absolute atomic E-state index is 13.2. The van der Waals surface area contributed by atoms with E-state index in [9.17, 15) is 18.0 Å². The van der Waals surface area contributed by atoms with Crippen LogP contribution in [0, 0.1) is 0 Å². The number of sulfone groups is 1. The molecule has 0 unspecified atom stereocenters. The summed E-state index contributed by atoms with van der Waals surface area (Å²) in [6.07, 6.45) is 1.17. The minimum absolute atomic E-state index is 0.229. The molecule has 1 atom stereocenters. The summed E-state index contributed by atoms with van der Waals surface area (Å²) in [5, 5.41) is 8.77. The van der Waals surface area contributed by atoms with E-state index in [0.717, 1.165) is 0 Å². The fourth-order valence-electron chi connectivity index (χ4n) is 3.75. The van der Waals surface area contributed by atoms with E-state index in [2.05, 4.69) is 16.0 Å². The van der Waals surface area contributed by atoms with Crippen molar-refractivity contribution in [3.05, 3.63) is 114 Å². The van der Waals surface area contributed by atoms with Crippen molar-refractivity contribution in [3.63, 3.8) is 0 Å². The van der Waals surface area contributed by atoms with E-state index in [1.807, 2.05) is 6.07 Å². The van der Waals surface area contributed by atoms with Crippen LogP contribution in [0.2, 0.25) is 5.02 Å². The van der Waals surface area contributed by atoms with Crippen LogP contribution in [0.1, 0.15) is 11.6 Å². The molecule has 37 heavy (non-hydrogen) atoms. The van der Waals surface area contributed by atoms with Gasteiger partial charge in [0.25, 0.3) is 5.91 Å². The van der Waals surface area contributed by atoms with E-state index in [4.69, 9.17) is 11.6 Å². The van der Waals surface area contributed by atoms with Crippen LogP contribution in [0.25, 0.3) is 11.1 Å². The number of halogens is 1. The maximum atomic E-state index is 13.2. The Hall–Kier alpha value is -4.14. The standard InChI is InChI=1S/C28H24ClN3O4S/c1-37(35,36)25-10-6-5-9-24(25)19-11-15-22(16-12-19)30-27(33)26(20-7-3-2-4-8-20)32-28(34)31-23-17-13-21(29)14-18-23/h2-18,26H,1H3,(H,30,33)(H2,31,32,34)/t26-/m1/s1. The van der Waals surface area contributed by atoms with Gasteiger partial charge in [0.1, 0.15) is 6.04 Å².